The molecule has 4 aromatic rings. The van der Waals surface area contributed by atoms with Crippen LogP contribution in [0, 0.1) is 11.8 Å². The van der Waals surface area contributed by atoms with Gasteiger partial charge >= 0.3 is 0 Å². The molecule has 2 nitrogen and oxygen atoms in total. The normalized spacial score (nSPS) is 25.5. The Morgan fingerprint density at radius 1 is 0.903 bits per heavy atom. The topological polar surface area (TPSA) is 25.5 Å². The molecule has 31 heavy (non-hydrogen) atoms. The SMILES string of the molecule is CCC1/C(c2ccccc2)=C/CC(C)/C(c2ccc3c(c2)oc2ccccc23)=N\C1Cl. The average molecular weight is 428 g/mol. The molecule has 0 amide bonds. The molecule has 156 valence electrons. The zero-order valence-electron chi connectivity index (χ0n) is 17.9. The molecule has 3 heteroatoms. The van der Waals surface area contributed by atoms with Gasteiger partial charge in [-0.05, 0) is 47.7 Å². The van der Waals surface area contributed by atoms with Gasteiger partial charge in [0.05, 0.1) is 0 Å². The monoisotopic (exact) mass is 427 g/mol. The fraction of sp³-hybridized carbons (Fsp3) is 0.250. The average Bonchev–Trinajstić information content (AvgIpc) is 3.17. The van der Waals surface area contributed by atoms with Gasteiger partial charge in [0, 0.05) is 28.3 Å². The number of fused-ring (bicyclic) bond motifs is 3. The van der Waals surface area contributed by atoms with Crippen LogP contribution < -0.4 is 0 Å². The predicted molar refractivity (Wildman–Crippen MR) is 132 cm³/mol. The van der Waals surface area contributed by atoms with Crippen molar-refractivity contribution in [3.63, 3.8) is 0 Å². The van der Waals surface area contributed by atoms with Crippen LogP contribution in [0.4, 0.5) is 0 Å². The summed E-state index contributed by atoms with van der Waals surface area (Å²) in [5, 5.41) is 2.28. The quantitative estimate of drug-likeness (QED) is 0.239. The second-order valence-electron chi connectivity index (χ2n) is 8.37. The van der Waals surface area contributed by atoms with E-state index in [4.69, 9.17) is 21.0 Å². The van der Waals surface area contributed by atoms with Crippen LogP contribution in [0.1, 0.15) is 37.8 Å². The number of hydrogen-bond acceptors (Lipinski definition) is 2. The van der Waals surface area contributed by atoms with Gasteiger partial charge in [0.1, 0.15) is 16.7 Å². The van der Waals surface area contributed by atoms with Crippen LogP contribution in [-0.4, -0.2) is 11.2 Å². The Bertz CT molecular complexity index is 1280. The second kappa shape index (κ2) is 8.36. The number of para-hydroxylation sites is 1. The van der Waals surface area contributed by atoms with E-state index in [-0.39, 0.29) is 17.3 Å². The lowest BCUT2D eigenvalue weighted by Crippen LogP contribution is -2.23. The van der Waals surface area contributed by atoms with Crippen molar-refractivity contribution < 1.29 is 4.42 Å². The van der Waals surface area contributed by atoms with E-state index >= 15 is 0 Å². The van der Waals surface area contributed by atoms with Gasteiger partial charge in [-0.15, -0.1) is 0 Å². The van der Waals surface area contributed by atoms with Crippen molar-refractivity contribution >= 4 is 44.8 Å². The maximum Gasteiger partial charge on any atom is 0.136 e. The third-order valence-electron chi connectivity index (χ3n) is 6.37. The number of allylic oxidation sites excluding steroid dienone is 1. The molecule has 2 heterocycles. The van der Waals surface area contributed by atoms with E-state index in [2.05, 4.69) is 74.5 Å². The van der Waals surface area contributed by atoms with Gasteiger partial charge in [0.25, 0.3) is 0 Å². The van der Waals surface area contributed by atoms with Gasteiger partial charge in [-0.1, -0.05) is 86.1 Å². The highest BCUT2D eigenvalue weighted by atomic mass is 35.5. The number of alkyl halides is 1. The second-order valence-corrected chi connectivity index (χ2v) is 8.82. The lowest BCUT2D eigenvalue weighted by Gasteiger charge is -2.27. The lowest BCUT2D eigenvalue weighted by molar-refractivity contribution is 0.601. The van der Waals surface area contributed by atoms with Gasteiger partial charge in [-0.2, -0.15) is 0 Å². The molecule has 0 saturated carbocycles. The van der Waals surface area contributed by atoms with E-state index in [0.29, 0.717) is 0 Å². The smallest absolute Gasteiger partial charge is 0.136 e. The molecule has 0 fully saturated rings. The minimum absolute atomic E-state index is 0.182. The van der Waals surface area contributed by atoms with Crippen LogP contribution in [-0.2, 0) is 0 Å². The molecule has 0 bridgehead atoms. The third kappa shape index (κ3) is 3.70. The Labute approximate surface area is 188 Å². The molecule has 0 radical (unpaired) electrons. The Morgan fingerprint density at radius 2 is 1.65 bits per heavy atom. The lowest BCUT2D eigenvalue weighted by atomic mass is 9.85. The minimum atomic E-state index is -0.305. The van der Waals surface area contributed by atoms with Gasteiger partial charge in [0.15, 0.2) is 0 Å². The fourth-order valence-electron chi connectivity index (χ4n) is 4.69. The van der Waals surface area contributed by atoms with Crippen molar-refractivity contribution in [1.82, 2.24) is 0 Å². The Kier molecular flexibility index (Phi) is 5.41. The number of aliphatic imine (C=N–C) groups is 1. The number of nitrogens with zero attached hydrogens (tertiary/aromatic N) is 1. The maximum atomic E-state index is 6.95. The molecule has 5 rings (SSSR count). The first-order chi connectivity index (χ1) is 15.2. The number of halogens is 1. The fourth-order valence-corrected chi connectivity index (χ4v) is 5.11. The highest BCUT2D eigenvalue weighted by Gasteiger charge is 2.27. The summed E-state index contributed by atoms with van der Waals surface area (Å²) in [6, 6.07) is 25.2. The molecule has 0 N–H and O–H groups in total. The van der Waals surface area contributed by atoms with E-state index < -0.39 is 0 Å². The number of benzene rings is 3. The van der Waals surface area contributed by atoms with E-state index in [1.165, 1.54) is 11.1 Å². The summed E-state index contributed by atoms with van der Waals surface area (Å²) in [6.07, 6.45) is 4.25. The first kappa shape index (κ1) is 20.1. The molecule has 3 aromatic carbocycles. The highest BCUT2D eigenvalue weighted by Crippen LogP contribution is 2.36. The van der Waals surface area contributed by atoms with Crippen molar-refractivity contribution in [3.05, 3.63) is 90.0 Å². The number of hydrogen-bond donors (Lipinski definition) is 0. The van der Waals surface area contributed by atoms with Gasteiger partial charge < -0.3 is 4.42 Å². The van der Waals surface area contributed by atoms with Gasteiger partial charge in [0.2, 0.25) is 0 Å². The number of furan rings is 1. The van der Waals surface area contributed by atoms with Crippen molar-refractivity contribution in [2.24, 2.45) is 16.8 Å². The van der Waals surface area contributed by atoms with Crippen LogP contribution in [0.2, 0.25) is 0 Å². The summed E-state index contributed by atoms with van der Waals surface area (Å²) >= 11 is 6.95. The molecule has 0 saturated heterocycles. The Hall–Kier alpha value is -2.84. The summed E-state index contributed by atoms with van der Waals surface area (Å²) in [5.41, 5.74) is 6.22. The summed E-state index contributed by atoms with van der Waals surface area (Å²) in [4.78, 5) is 5.08. The standard InChI is InChI=1S/C28H26ClNO/c1-3-21-22(19-9-5-4-6-10-19)15-13-18(2)27(30-28(21)29)20-14-16-24-23-11-7-8-12-25(23)31-26(24)17-20/h4-12,14-18,21,28H,3,13H2,1-2H3/b22-15+,30-27+. The van der Waals surface area contributed by atoms with Crippen molar-refractivity contribution in [1.29, 1.82) is 0 Å². The Balaban J connectivity index is 1.55. The van der Waals surface area contributed by atoms with Crippen molar-refractivity contribution in [2.75, 3.05) is 0 Å². The van der Waals surface area contributed by atoms with E-state index in [1.54, 1.807) is 0 Å². The van der Waals surface area contributed by atoms with Crippen LogP contribution >= 0.6 is 11.6 Å². The van der Waals surface area contributed by atoms with E-state index in [9.17, 15) is 0 Å². The highest BCUT2D eigenvalue weighted by molar-refractivity contribution is 6.22. The molecule has 1 aliphatic rings. The zero-order chi connectivity index (χ0) is 21.4. The summed E-state index contributed by atoms with van der Waals surface area (Å²) in [7, 11) is 0. The summed E-state index contributed by atoms with van der Waals surface area (Å²) in [6.45, 7) is 4.42. The molecule has 0 spiro atoms. The maximum absolute atomic E-state index is 6.95. The third-order valence-corrected chi connectivity index (χ3v) is 6.78. The van der Waals surface area contributed by atoms with Crippen LogP contribution in [0.25, 0.3) is 27.5 Å². The van der Waals surface area contributed by atoms with Crippen LogP contribution in [0.3, 0.4) is 0 Å². The molecular formula is C28H26ClNO. The van der Waals surface area contributed by atoms with E-state index in [0.717, 1.165) is 46.1 Å². The van der Waals surface area contributed by atoms with Crippen molar-refractivity contribution in [3.8, 4) is 0 Å². The predicted octanol–water partition coefficient (Wildman–Crippen LogP) is 8.09. The van der Waals surface area contributed by atoms with Crippen LogP contribution in [0.5, 0.6) is 0 Å². The zero-order valence-corrected chi connectivity index (χ0v) is 18.6. The first-order valence-electron chi connectivity index (χ1n) is 11.0. The van der Waals surface area contributed by atoms with E-state index in [1.807, 2.05) is 18.2 Å². The van der Waals surface area contributed by atoms with Gasteiger partial charge in [-0.3, -0.25) is 4.99 Å². The number of rotatable bonds is 3. The molecule has 3 unspecified atom stereocenters. The van der Waals surface area contributed by atoms with Crippen molar-refractivity contribution in [2.45, 2.75) is 32.2 Å². The molecule has 0 aliphatic carbocycles. The molecule has 1 aliphatic heterocycles. The summed E-state index contributed by atoms with van der Waals surface area (Å²) < 4.78 is 6.12. The first-order valence-corrected chi connectivity index (χ1v) is 11.5. The largest absolute Gasteiger partial charge is 0.456 e. The van der Waals surface area contributed by atoms with Crippen LogP contribution in [0.15, 0.2) is 88.3 Å². The van der Waals surface area contributed by atoms with Gasteiger partial charge in [-0.25, -0.2) is 0 Å². The molecule has 3 atom stereocenters. The molecule has 1 aromatic heterocycles. The Morgan fingerprint density at radius 3 is 2.45 bits per heavy atom. The minimum Gasteiger partial charge on any atom is -0.456 e. The summed E-state index contributed by atoms with van der Waals surface area (Å²) in [5.74, 6) is 0.445. The molecular weight excluding hydrogens is 402 g/mol.